The number of nitrogens with two attached hydrogens (primary N) is 1. The summed E-state index contributed by atoms with van der Waals surface area (Å²) in [5.74, 6) is -1.50. The highest BCUT2D eigenvalue weighted by molar-refractivity contribution is 6.35. The second kappa shape index (κ2) is 13.2. The molecule has 2 saturated heterocycles. The number of carbonyl (C=O) groups is 2. The van der Waals surface area contributed by atoms with Gasteiger partial charge in [-0.05, 0) is 45.2 Å². The fourth-order valence-corrected chi connectivity index (χ4v) is 5.42. The number of hydrogen-bond donors (Lipinski definition) is 3. The van der Waals surface area contributed by atoms with Gasteiger partial charge in [-0.3, -0.25) is 14.5 Å². The van der Waals surface area contributed by atoms with E-state index in [0.717, 1.165) is 45.0 Å². The lowest BCUT2D eigenvalue weighted by molar-refractivity contribution is 0.0383. The fraction of sp³-hybridized carbons (Fsp3) is 0.448. The summed E-state index contributed by atoms with van der Waals surface area (Å²) in [6, 6.07) is 7.06. The number of morpholine rings is 1. The van der Waals surface area contributed by atoms with Crippen LogP contribution in [0.3, 0.4) is 0 Å². The maximum Gasteiger partial charge on any atom is 0.273 e. The van der Waals surface area contributed by atoms with Crippen LogP contribution in [0.2, 0.25) is 5.02 Å². The molecule has 43 heavy (non-hydrogen) atoms. The molecule has 0 saturated carbocycles. The number of benzene rings is 2. The van der Waals surface area contributed by atoms with Gasteiger partial charge in [0.2, 0.25) is 0 Å². The minimum absolute atomic E-state index is 0.00400. The number of carbonyl (C=O) groups excluding carboxylic acids is 2. The molecule has 0 spiro atoms. The van der Waals surface area contributed by atoms with Gasteiger partial charge < -0.3 is 30.9 Å². The van der Waals surface area contributed by atoms with Gasteiger partial charge in [-0.15, -0.1) is 5.10 Å². The molecule has 12 nitrogen and oxygen atoms in total. The zero-order chi connectivity index (χ0) is 30.7. The normalized spacial score (nSPS) is 18.1. The standard InChI is InChI=1S/C29H37ClFN9O3/c1-18-16-39(9-8-37(18)3)25-5-4-20(14-23(25)34-28(41)21-15-22(32)27(31)19(2)26(21)30)40-17-24(35-36-40)29(42)33-6-7-38-10-12-43-13-11-38/h4-5,14-15,17-18H,6-13,16,32H2,1-3H3,(H,33,42)(H,34,41). The molecule has 2 aliphatic heterocycles. The molecule has 2 fully saturated rings. The second-order valence-electron chi connectivity index (χ2n) is 11.0. The van der Waals surface area contributed by atoms with E-state index in [1.807, 2.05) is 12.1 Å². The van der Waals surface area contributed by atoms with Gasteiger partial charge >= 0.3 is 0 Å². The van der Waals surface area contributed by atoms with Crippen LogP contribution in [0.1, 0.15) is 33.3 Å². The summed E-state index contributed by atoms with van der Waals surface area (Å²) >= 11 is 6.35. The van der Waals surface area contributed by atoms with Crippen molar-refractivity contribution in [2.75, 3.05) is 82.0 Å². The monoisotopic (exact) mass is 613 g/mol. The highest BCUT2D eigenvalue weighted by Gasteiger charge is 2.25. The van der Waals surface area contributed by atoms with Crippen LogP contribution in [0.15, 0.2) is 30.5 Å². The summed E-state index contributed by atoms with van der Waals surface area (Å²) in [5.41, 5.74) is 7.89. The number of rotatable bonds is 8. The third kappa shape index (κ3) is 6.90. The Bertz CT molecular complexity index is 1490. The van der Waals surface area contributed by atoms with Crippen LogP contribution in [0.25, 0.3) is 5.69 Å². The molecule has 0 radical (unpaired) electrons. The van der Waals surface area contributed by atoms with Crippen molar-refractivity contribution in [3.05, 3.63) is 58.1 Å². The maximum absolute atomic E-state index is 14.3. The van der Waals surface area contributed by atoms with Crippen molar-refractivity contribution in [3.8, 4) is 5.69 Å². The highest BCUT2D eigenvalue weighted by atomic mass is 35.5. The second-order valence-corrected chi connectivity index (χ2v) is 11.3. The quantitative estimate of drug-likeness (QED) is 0.328. The average molecular weight is 614 g/mol. The molecule has 0 aliphatic carbocycles. The predicted molar refractivity (Wildman–Crippen MR) is 164 cm³/mol. The Kier molecular flexibility index (Phi) is 9.45. The molecular formula is C29H37ClFN9O3. The number of nitrogen functional groups attached to an aromatic ring is 1. The third-order valence-electron chi connectivity index (χ3n) is 8.03. The van der Waals surface area contributed by atoms with E-state index in [0.29, 0.717) is 37.2 Å². The van der Waals surface area contributed by atoms with E-state index >= 15 is 0 Å². The summed E-state index contributed by atoms with van der Waals surface area (Å²) in [6.45, 7) is 10.3. The van der Waals surface area contributed by atoms with Crippen molar-refractivity contribution in [1.29, 1.82) is 0 Å². The van der Waals surface area contributed by atoms with Crippen molar-refractivity contribution in [1.82, 2.24) is 30.1 Å². The number of piperazine rings is 1. The zero-order valence-electron chi connectivity index (χ0n) is 24.6. The summed E-state index contributed by atoms with van der Waals surface area (Å²) in [6.07, 6.45) is 1.55. The number of nitrogens with one attached hydrogen (secondary N) is 2. The van der Waals surface area contributed by atoms with Crippen molar-refractivity contribution >= 4 is 40.5 Å². The van der Waals surface area contributed by atoms with Crippen LogP contribution in [0.5, 0.6) is 0 Å². The number of amides is 2. The minimum Gasteiger partial charge on any atom is -0.396 e. The lowest BCUT2D eigenvalue weighted by Crippen LogP contribution is -2.50. The van der Waals surface area contributed by atoms with Crippen molar-refractivity contribution in [3.63, 3.8) is 0 Å². The largest absolute Gasteiger partial charge is 0.396 e. The zero-order valence-corrected chi connectivity index (χ0v) is 25.3. The van der Waals surface area contributed by atoms with Crippen molar-refractivity contribution in [2.24, 2.45) is 0 Å². The van der Waals surface area contributed by atoms with Gasteiger partial charge in [-0.1, -0.05) is 16.8 Å². The maximum atomic E-state index is 14.3. The number of anilines is 3. The van der Waals surface area contributed by atoms with E-state index in [1.54, 1.807) is 12.3 Å². The van der Waals surface area contributed by atoms with Gasteiger partial charge in [-0.25, -0.2) is 9.07 Å². The Morgan fingerprint density at radius 1 is 1.16 bits per heavy atom. The number of ether oxygens (including phenoxy) is 1. The van der Waals surface area contributed by atoms with Gasteiger partial charge in [0.25, 0.3) is 11.8 Å². The molecule has 14 heteroatoms. The Hall–Kier alpha value is -3.78. The van der Waals surface area contributed by atoms with Crippen LogP contribution in [0.4, 0.5) is 21.5 Å². The van der Waals surface area contributed by atoms with Gasteiger partial charge in [0.05, 0.1) is 52.7 Å². The van der Waals surface area contributed by atoms with E-state index in [1.165, 1.54) is 17.7 Å². The number of aromatic nitrogens is 3. The SMILES string of the molecule is Cc1c(F)c(N)cc(C(=O)Nc2cc(-n3cc(C(=O)NCCN4CCOCC4)nn3)ccc2N2CCN(C)C(C)C2)c1Cl. The molecule has 1 unspecified atom stereocenters. The lowest BCUT2D eigenvalue weighted by Gasteiger charge is -2.39. The van der Waals surface area contributed by atoms with E-state index in [4.69, 9.17) is 22.1 Å². The summed E-state index contributed by atoms with van der Waals surface area (Å²) < 4.78 is 21.1. The number of likely N-dealkylation sites (N-methyl/N-ethyl adjacent to an activating group) is 1. The van der Waals surface area contributed by atoms with Crippen molar-refractivity contribution in [2.45, 2.75) is 19.9 Å². The summed E-state index contributed by atoms with van der Waals surface area (Å²) in [4.78, 5) is 32.9. The summed E-state index contributed by atoms with van der Waals surface area (Å²) in [7, 11) is 2.08. The fourth-order valence-electron chi connectivity index (χ4n) is 5.20. The molecule has 1 aromatic heterocycles. The first-order valence-electron chi connectivity index (χ1n) is 14.3. The molecule has 230 valence electrons. The Balaban J connectivity index is 1.38. The van der Waals surface area contributed by atoms with Crippen LogP contribution in [0, 0.1) is 12.7 Å². The first-order chi connectivity index (χ1) is 20.6. The molecule has 2 amide bonds. The highest BCUT2D eigenvalue weighted by Crippen LogP contribution is 2.33. The van der Waals surface area contributed by atoms with Crippen LogP contribution < -0.4 is 21.3 Å². The third-order valence-corrected chi connectivity index (χ3v) is 8.52. The predicted octanol–water partition coefficient (Wildman–Crippen LogP) is 2.41. The van der Waals surface area contributed by atoms with Crippen molar-refractivity contribution < 1.29 is 18.7 Å². The van der Waals surface area contributed by atoms with Gasteiger partial charge in [-0.2, -0.15) is 0 Å². The topological polar surface area (TPSA) is 134 Å². The minimum atomic E-state index is -0.650. The molecular weight excluding hydrogens is 577 g/mol. The summed E-state index contributed by atoms with van der Waals surface area (Å²) in [5, 5.41) is 14.1. The first kappa shape index (κ1) is 30.7. The molecule has 2 aliphatic rings. The number of halogens is 2. The van der Waals surface area contributed by atoms with E-state index in [-0.39, 0.29) is 33.4 Å². The number of nitrogens with zero attached hydrogens (tertiary/aromatic N) is 6. The molecule has 1 atom stereocenters. The Morgan fingerprint density at radius 2 is 1.93 bits per heavy atom. The van der Waals surface area contributed by atoms with E-state index in [2.05, 4.69) is 49.6 Å². The van der Waals surface area contributed by atoms with E-state index < -0.39 is 11.7 Å². The van der Waals surface area contributed by atoms with Crippen LogP contribution in [-0.4, -0.2) is 109 Å². The van der Waals surface area contributed by atoms with Gasteiger partial charge in [0.1, 0.15) is 0 Å². The lowest BCUT2D eigenvalue weighted by atomic mass is 10.1. The van der Waals surface area contributed by atoms with Gasteiger partial charge in [0, 0.05) is 57.4 Å². The smallest absolute Gasteiger partial charge is 0.273 e. The van der Waals surface area contributed by atoms with Crippen LogP contribution >= 0.6 is 11.6 Å². The first-order valence-corrected chi connectivity index (χ1v) is 14.7. The molecule has 3 aromatic rings. The molecule has 4 N–H and O–H groups in total. The molecule has 0 bridgehead atoms. The van der Waals surface area contributed by atoms with Gasteiger partial charge in [0.15, 0.2) is 11.5 Å². The molecule has 3 heterocycles. The molecule has 5 rings (SSSR count). The van der Waals surface area contributed by atoms with Crippen LogP contribution in [-0.2, 0) is 4.74 Å². The number of hydrogen-bond acceptors (Lipinski definition) is 9. The average Bonchev–Trinajstić information content (AvgIpc) is 3.50. The van der Waals surface area contributed by atoms with E-state index in [9.17, 15) is 14.0 Å². The molecule has 2 aromatic carbocycles. The Labute approximate surface area is 254 Å². The Morgan fingerprint density at radius 3 is 2.67 bits per heavy atom.